The van der Waals surface area contributed by atoms with Gasteiger partial charge in [0.2, 0.25) is 5.56 Å². The first-order valence-electron chi connectivity index (χ1n) is 4.93. The molecule has 0 aliphatic heterocycles. The molecule has 1 aromatic carbocycles. The van der Waals surface area contributed by atoms with E-state index >= 15 is 0 Å². The van der Waals surface area contributed by atoms with E-state index in [9.17, 15) is 4.79 Å². The third kappa shape index (κ3) is 2.15. The zero-order chi connectivity index (χ0) is 10.8. The first kappa shape index (κ1) is 9.71. The van der Waals surface area contributed by atoms with Crippen molar-refractivity contribution in [1.82, 2.24) is 4.98 Å². The quantitative estimate of drug-likeness (QED) is 0.752. The molecule has 0 aliphatic carbocycles. The molecule has 2 rings (SSSR count). The molecule has 0 saturated heterocycles. The van der Waals surface area contributed by atoms with Crippen molar-refractivity contribution in [2.24, 2.45) is 0 Å². The van der Waals surface area contributed by atoms with Crippen molar-refractivity contribution in [2.45, 2.75) is 13.8 Å². The summed E-state index contributed by atoms with van der Waals surface area (Å²) in [6.45, 7) is 3.97. The number of aryl methyl sites for hydroxylation is 2. The van der Waals surface area contributed by atoms with E-state index in [1.807, 2.05) is 44.2 Å². The number of aromatic nitrogens is 1. The molecule has 0 radical (unpaired) electrons. The Morgan fingerprint density at radius 3 is 2.20 bits per heavy atom. The molecule has 0 amide bonds. The van der Waals surface area contributed by atoms with Gasteiger partial charge in [-0.3, -0.25) is 4.79 Å². The lowest BCUT2D eigenvalue weighted by Crippen LogP contribution is -2.05. The van der Waals surface area contributed by atoms with E-state index in [0.29, 0.717) is 0 Å². The predicted molar refractivity (Wildman–Crippen MR) is 62.0 cm³/mol. The maximum absolute atomic E-state index is 11.3. The van der Waals surface area contributed by atoms with Crippen LogP contribution in [0, 0.1) is 13.8 Å². The standard InChI is InChI=1S/C13H13NO/c1-9-3-5-11(6-4-9)12-7-10(2)8-13(15)14-12/h3-8H,1-2H3,(H,14,15). The van der Waals surface area contributed by atoms with Gasteiger partial charge in [0.15, 0.2) is 0 Å². The first-order valence-corrected chi connectivity index (χ1v) is 4.93. The third-order valence-corrected chi connectivity index (χ3v) is 2.35. The predicted octanol–water partition coefficient (Wildman–Crippen LogP) is 2.66. The highest BCUT2D eigenvalue weighted by molar-refractivity contribution is 5.59. The third-order valence-electron chi connectivity index (χ3n) is 2.35. The number of hydrogen-bond donors (Lipinski definition) is 1. The fourth-order valence-electron chi connectivity index (χ4n) is 1.57. The lowest BCUT2D eigenvalue weighted by molar-refractivity contribution is 1.21. The molecular formula is C13H13NO. The Bertz CT molecular complexity index is 523. The van der Waals surface area contributed by atoms with E-state index in [-0.39, 0.29) is 5.56 Å². The molecule has 2 heteroatoms. The number of hydrogen-bond acceptors (Lipinski definition) is 1. The minimum atomic E-state index is -0.0504. The molecule has 0 atom stereocenters. The van der Waals surface area contributed by atoms with Crippen LogP contribution in [0.1, 0.15) is 11.1 Å². The van der Waals surface area contributed by atoms with Crippen LogP contribution in [-0.2, 0) is 0 Å². The van der Waals surface area contributed by atoms with Gasteiger partial charge in [-0.2, -0.15) is 0 Å². The van der Waals surface area contributed by atoms with Gasteiger partial charge in [0, 0.05) is 11.8 Å². The van der Waals surface area contributed by atoms with Crippen molar-refractivity contribution < 1.29 is 0 Å². The highest BCUT2D eigenvalue weighted by atomic mass is 16.1. The first-order chi connectivity index (χ1) is 7.15. The van der Waals surface area contributed by atoms with E-state index in [2.05, 4.69) is 4.98 Å². The van der Waals surface area contributed by atoms with Crippen LogP contribution in [0.15, 0.2) is 41.2 Å². The lowest BCUT2D eigenvalue weighted by atomic mass is 10.1. The molecule has 2 nitrogen and oxygen atoms in total. The average molecular weight is 199 g/mol. The van der Waals surface area contributed by atoms with Gasteiger partial charge in [0.1, 0.15) is 0 Å². The molecule has 0 bridgehead atoms. The SMILES string of the molecule is Cc1ccc(-c2cc(C)cc(=O)[nH]2)cc1. The van der Waals surface area contributed by atoms with Gasteiger partial charge in [-0.25, -0.2) is 0 Å². The van der Waals surface area contributed by atoms with Crippen molar-refractivity contribution in [1.29, 1.82) is 0 Å². The number of pyridine rings is 1. The number of H-pyrrole nitrogens is 1. The zero-order valence-electron chi connectivity index (χ0n) is 8.87. The Morgan fingerprint density at radius 1 is 0.933 bits per heavy atom. The van der Waals surface area contributed by atoms with E-state index in [0.717, 1.165) is 16.8 Å². The summed E-state index contributed by atoms with van der Waals surface area (Å²) in [5.41, 5.74) is 4.06. The molecule has 0 fully saturated rings. The summed E-state index contributed by atoms with van der Waals surface area (Å²) < 4.78 is 0. The number of nitrogens with one attached hydrogen (secondary N) is 1. The second-order valence-corrected chi connectivity index (χ2v) is 3.80. The van der Waals surface area contributed by atoms with Crippen LogP contribution in [0.4, 0.5) is 0 Å². The molecule has 0 saturated carbocycles. The van der Waals surface area contributed by atoms with Gasteiger partial charge >= 0.3 is 0 Å². The van der Waals surface area contributed by atoms with Crippen LogP contribution < -0.4 is 5.56 Å². The number of rotatable bonds is 1. The highest BCUT2D eigenvalue weighted by Gasteiger charge is 1.99. The minimum absolute atomic E-state index is 0.0504. The van der Waals surface area contributed by atoms with Gasteiger partial charge in [-0.15, -0.1) is 0 Å². The van der Waals surface area contributed by atoms with Crippen LogP contribution in [0.3, 0.4) is 0 Å². The number of aromatic amines is 1. The normalized spacial score (nSPS) is 10.3. The topological polar surface area (TPSA) is 32.9 Å². The summed E-state index contributed by atoms with van der Waals surface area (Å²) in [5, 5.41) is 0. The van der Waals surface area contributed by atoms with Crippen LogP contribution in [0.2, 0.25) is 0 Å². The summed E-state index contributed by atoms with van der Waals surface area (Å²) in [5.74, 6) is 0. The van der Waals surface area contributed by atoms with Gasteiger partial charge < -0.3 is 4.98 Å². The fraction of sp³-hybridized carbons (Fsp3) is 0.154. The maximum atomic E-state index is 11.3. The van der Waals surface area contributed by atoms with Crippen LogP contribution in [-0.4, -0.2) is 4.98 Å². The second kappa shape index (κ2) is 3.73. The molecular weight excluding hydrogens is 186 g/mol. The molecule has 1 N–H and O–H groups in total. The Balaban J connectivity index is 2.54. The van der Waals surface area contributed by atoms with E-state index in [4.69, 9.17) is 0 Å². The van der Waals surface area contributed by atoms with Crippen molar-refractivity contribution in [2.75, 3.05) is 0 Å². The molecule has 1 heterocycles. The van der Waals surface area contributed by atoms with Crippen molar-refractivity contribution in [3.63, 3.8) is 0 Å². The summed E-state index contributed by atoms with van der Waals surface area (Å²) in [6, 6.07) is 11.7. The molecule has 15 heavy (non-hydrogen) atoms. The summed E-state index contributed by atoms with van der Waals surface area (Å²) >= 11 is 0. The van der Waals surface area contributed by atoms with Gasteiger partial charge in [-0.05, 0) is 31.0 Å². The van der Waals surface area contributed by atoms with Crippen molar-refractivity contribution in [3.05, 3.63) is 57.9 Å². The fourth-order valence-corrected chi connectivity index (χ4v) is 1.57. The van der Waals surface area contributed by atoms with Gasteiger partial charge in [0.25, 0.3) is 0 Å². The Kier molecular flexibility index (Phi) is 2.42. The Hall–Kier alpha value is -1.83. The van der Waals surface area contributed by atoms with Crippen LogP contribution >= 0.6 is 0 Å². The monoisotopic (exact) mass is 199 g/mol. The van der Waals surface area contributed by atoms with Crippen LogP contribution in [0.5, 0.6) is 0 Å². The molecule has 0 unspecified atom stereocenters. The molecule has 0 spiro atoms. The molecule has 2 aromatic rings. The Morgan fingerprint density at radius 2 is 1.60 bits per heavy atom. The molecule has 1 aromatic heterocycles. The summed E-state index contributed by atoms with van der Waals surface area (Å²) in [4.78, 5) is 14.1. The largest absolute Gasteiger partial charge is 0.322 e. The van der Waals surface area contributed by atoms with Crippen LogP contribution in [0.25, 0.3) is 11.3 Å². The van der Waals surface area contributed by atoms with Gasteiger partial charge in [-0.1, -0.05) is 29.8 Å². The maximum Gasteiger partial charge on any atom is 0.248 e. The minimum Gasteiger partial charge on any atom is -0.322 e. The lowest BCUT2D eigenvalue weighted by Gasteiger charge is -2.02. The van der Waals surface area contributed by atoms with E-state index in [1.165, 1.54) is 5.56 Å². The molecule has 76 valence electrons. The second-order valence-electron chi connectivity index (χ2n) is 3.80. The highest BCUT2D eigenvalue weighted by Crippen LogP contribution is 2.16. The number of benzene rings is 1. The van der Waals surface area contributed by atoms with Gasteiger partial charge in [0.05, 0.1) is 0 Å². The zero-order valence-corrected chi connectivity index (χ0v) is 8.87. The van der Waals surface area contributed by atoms with Crippen molar-refractivity contribution in [3.8, 4) is 11.3 Å². The summed E-state index contributed by atoms with van der Waals surface area (Å²) in [7, 11) is 0. The summed E-state index contributed by atoms with van der Waals surface area (Å²) in [6.07, 6.45) is 0. The molecule has 0 aliphatic rings. The smallest absolute Gasteiger partial charge is 0.248 e. The van der Waals surface area contributed by atoms with E-state index < -0.39 is 0 Å². The van der Waals surface area contributed by atoms with E-state index in [1.54, 1.807) is 6.07 Å². The van der Waals surface area contributed by atoms with Crippen molar-refractivity contribution >= 4 is 0 Å². The Labute approximate surface area is 88.6 Å². The average Bonchev–Trinajstić information content (AvgIpc) is 2.17.